The molecule has 0 aliphatic rings. The highest BCUT2D eigenvalue weighted by molar-refractivity contribution is 6.09. The number of methoxy groups -OCH3 is 1. The molecule has 29 heavy (non-hydrogen) atoms. The van der Waals surface area contributed by atoms with Crippen LogP contribution in [0.3, 0.4) is 0 Å². The lowest BCUT2D eigenvalue weighted by Gasteiger charge is -2.08. The molecule has 3 aromatic carbocycles. The average Bonchev–Trinajstić information content (AvgIpc) is 2.75. The monoisotopic (exact) mass is 388 g/mol. The van der Waals surface area contributed by atoms with Gasteiger partial charge in [-0.25, -0.2) is 0 Å². The minimum atomic E-state index is -0.128. The lowest BCUT2D eigenvalue weighted by atomic mass is 10.0. The highest BCUT2D eigenvalue weighted by atomic mass is 16.5. The van der Waals surface area contributed by atoms with Crippen molar-refractivity contribution >= 4 is 27.8 Å². The SMILES string of the molecule is CCCCCOc1ccc(/C=c2/oc3cccc4c(OC)ccc(c2=O)c34)cc1. The topological polar surface area (TPSA) is 48.7 Å². The molecule has 0 saturated heterocycles. The maximum atomic E-state index is 13.0. The molecular weight excluding hydrogens is 364 g/mol. The van der Waals surface area contributed by atoms with E-state index in [1.807, 2.05) is 48.5 Å². The summed E-state index contributed by atoms with van der Waals surface area (Å²) in [5.74, 6) is 1.56. The number of benzene rings is 3. The smallest absolute Gasteiger partial charge is 0.228 e. The second-order valence-electron chi connectivity index (χ2n) is 7.06. The van der Waals surface area contributed by atoms with E-state index < -0.39 is 0 Å². The van der Waals surface area contributed by atoms with Crippen molar-refractivity contribution in [2.24, 2.45) is 0 Å². The molecule has 4 nitrogen and oxygen atoms in total. The first kappa shape index (κ1) is 19.1. The normalized spacial score (nSPS) is 12.0. The fourth-order valence-corrected chi connectivity index (χ4v) is 3.54. The predicted molar refractivity (Wildman–Crippen MR) is 117 cm³/mol. The Balaban J connectivity index is 1.72. The third kappa shape index (κ3) is 3.83. The van der Waals surface area contributed by atoms with Crippen molar-refractivity contribution in [1.29, 1.82) is 0 Å². The standard InChI is InChI=1S/C25H24O4/c1-3-4-5-15-28-18-11-9-17(10-12-18)16-23-25(26)20-13-14-21(27-2)19-7-6-8-22(29-23)24(19)20/h6-14,16H,3-5,15H2,1-2H3/b23-16+. The minimum Gasteiger partial charge on any atom is -0.496 e. The van der Waals surface area contributed by atoms with Gasteiger partial charge in [0.1, 0.15) is 17.1 Å². The van der Waals surface area contributed by atoms with Crippen LogP contribution >= 0.6 is 0 Å². The Morgan fingerprint density at radius 2 is 1.79 bits per heavy atom. The van der Waals surface area contributed by atoms with E-state index in [0.29, 0.717) is 16.4 Å². The highest BCUT2D eigenvalue weighted by Crippen LogP contribution is 2.31. The molecule has 1 heterocycles. The van der Waals surface area contributed by atoms with Crippen molar-refractivity contribution in [2.45, 2.75) is 26.2 Å². The second-order valence-corrected chi connectivity index (χ2v) is 7.06. The van der Waals surface area contributed by atoms with Gasteiger partial charge in [0, 0.05) is 16.2 Å². The summed E-state index contributed by atoms with van der Waals surface area (Å²) in [5.41, 5.74) is 1.74. The molecule has 0 fully saturated rings. The Bertz CT molecular complexity index is 1240. The van der Waals surface area contributed by atoms with Gasteiger partial charge in [-0.3, -0.25) is 4.79 Å². The number of hydrogen-bond donors (Lipinski definition) is 0. The van der Waals surface area contributed by atoms with Crippen molar-refractivity contribution in [3.05, 3.63) is 75.8 Å². The summed E-state index contributed by atoms with van der Waals surface area (Å²) < 4.78 is 17.1. The molecule has 0 unspecified atom stereocenters. The Labute approximate surface area is 169 Å². The lowest BCUT2D eigenvalue weighted by molar-refractivity contribution is 0.306. The van der Waals surface area contributed by atoms with E-state index in [4.69, 9.17) is 13.9 Å². The fourth-order valence-electron chi connectivity index (χ4n) is 3.54. The van der Waals surface area contributed by atoms with E-state index in [1.54, 1.807) is 19.3 Å². The van der Waals surface area contributed by atoms with Gasteiger partial charge in [0.25, 0.3) is 0 Å². The molecule has 0 amide bonds. The Kier molecular flexibility index (Phi) is 5.52. The predicted octanol–water partition coefficient (Wildman–Crippen LogP) is 5.07. The van der Waals surface area contributed by atoms with Gasteiger partial charge in [-0.1, -0.05) is 44.0 Å². The molecule has 0 spiro atoms. The first-order valence-electron chi connectivity index (χ1n) is 9.98. The molecule has 4 aromatic rings. The van der Waals surface area contributed by atoms with Crippen molar-refractivity contribution < 1.29 is 13.9 Å². The molecule has 148 valence electrons. The van der Waals surface area contributed by atoms with Gasteiger partial charge in [-0.2, -0.15) is 0 Å². The number of ether oxygens (including phenoxy) is 2. The van der Waals surface area contributed by atoms with E-state index in [2.05, 4.69) is 6.92 Å². The van der Waals surface area contributed by atoms with E-state index in [0.717, 1.165) is 40.9 Å². The van der Waals surface area contributed by atoms with E-state index in [9.17, 15) is 4.79 Å². The van der Waals surface area contributed by atoms with Crippen LogP contribution in [0.15, 0.2) is 63.8 Å². The molecule has 0 atom stereocenters. The molecule has 0 bridgehead atoms. The first-order valence-corrected chi connectivity index (χ1v) is 9.98. The van der Waals surface area contributed by atoms with Gasteiger partial charge < -0.3 is 13.9 Å². The highest BCUT2D eigenvalue weighted by Gasteiger charge is 2.12. The maximum Gasteiger partial charge on any atom is 0.228 e. The first-order chi connectivity index (χ1) is 14.2. The fraction of sp³-hybridized carbons (Fsp3) is 0.240. The number of rotatable bonds is 7. The van der Waals surface area contributed by atoms with Gasteiger partial charge in [-0.05, 0) is 48.4 Å². The van der Waals surface area contributed by atoms with E-state index in [-0.39, 0.29) is 5.43 Å². The molecule has 1 aromatic heterocycles. The Hall–Kier alpha value is -3.27. The van der Waals surface area contributed by atoms with Crippen molar-refractivity contribution in [3.63, 3.8) is 0 Å². The Morgan fingerprint density at radius 3 is 2.55 bits per heavy atom. The van der Waals surface area contributed by atoms with Crippen LogP contribution < -0.4 is 20.3 Å². The van der Waals surface area contributed by atoms with Gasteiger partial charge in [0.2, 0.25) is 5.43 Å². The number of hydrogen-bond acceptors (Lipinski definition) is 4. The van der Waals surface area contributed by atoms with Crippen molar-refractivity contribution in [1.82, 2.24) is 0 Å². The van der Waals surface area contributed by atoms with Crippen molar-refractivity contribution in [2.75, 3.05) is 13.7 Å². The lowest BCUT2D eigenvalue weighted by Crippen LogP contribution is -2.24. The van der Waals surface area contributed by atoms with Gasteiger partial charge >= 0.3 is 0 Å². The van der Waals surface area contributed by atoms with Crippen LogP contribution in [0.2, 0.25) is 0 Å². The summed E-state index contributed by atoms with van der Waals surface area (Å²) in [6.07, 6.45) is 5.17. The molecule has 0 saturated carbocycles. The summed E-state index contributed by atoms with van der Waals surface area (Å²) in [7, 11) is 1.62. The van der Waals surface area contributed by atoms with Gasteiger partial charge in [0.15, 0.2) is 5.42 Å². The third-order valence-electron chi connectivity index (χ3n) is 5.07. The summed E-state index contributed by atoms with van der Waals surface area (Å²) in [4.78, 5) is 13.0. The largest absolute Gasteiger partial charge is 0.496 e. The van der Waals surface area contributed by atoms with Crippen LogP contribution in [0, 0.1) is 0 Å². The zero-order valence-corrected chi connectivity index (χ0v) is 16.7. The van der Waals surface area contributed by atoms with Crippen LogP contribution in [0.1, 0.15) is 31.7 Å². The summed E-state index contributed by atoms with van der Waals surface area (Å²) >= 11 is 0. The minimum absolute atomic E-state index is 0.128. The molecule has 0 radical (unpaired) electrons. The van der Waals surface area contributed by atoms with E-state index in [1.165, 1.54) is 12.8 Å². The van der Waals surface area contributed by atoms with Crippen LogP contribution in [0.25, 0.3) is 27.8 Å². The molecule has 0 N–H and O–H groups in total. The van der Waals surface area contributed by atoms with Crippen LogP contribution in [0.4, 0.5) is 0 Å². The molecule has 4 heteroatoms. The van der Waals surface area contributed by atoms with Gasteiger partial charge in [0.05, 0.1) is 13.7 Å². The van der Waals surface area contributed by atoms with Gasteiger partial charge in [-0.15, -0.1) is 0 Å². The maximum absolute atomic E-state index is 13.0. The second kappa shape index (κ2) is 8.39. The van der Waals surface area contributed by atoms with Crippen LogP contribution in [0.5, 0.6) is 11.5 Å². The van der Waals surface area contributed by atoms with Crippen LogP contribution in [-0.4, -0.2) is 13.7 Å². The summed E-state index contributed by atoms with van der Waals surface area (Å²) in [6.45, 7) is 2.90. The zero-order chi connectivity index (χ0) is 20.2. The molecule has 4 rings (SSSR count). The summed E-state index contributed by atoms with van der Waals surface area (Å²) in [6, 6.07) is 17.1. The summed E-state index contributed by atoms with van der Waals surface area (Å²) in [5, 5.41) is 2.30. The quantitative estimate of drug-likeness (QED) is 0.415. The average molecular weight is 388 g/mol. The van der Waals surface area contributed by atoms with Crippen LogP contribution in [-0.2, 0) is 0 Å². The number of unbranched alkanes of at least 4 members (excludes halogenated alkanes) is 2. The van der Waals surface area contributed by atoms with Crippen molar-refractivity contribution in [3.8, 4) is 11.5 Å². The van der Waals surface area contributed by atoms with E-state index >= 15 is 0 Å². The molecule has 0 aliphatic carbocycles. The third-order valence-corrected chi connectivity index (χ3v) is 5.07. The molecule has 0 aliphatic heterocycles. The zero-order valence-electron chi connectivity index (χ0n) is 16.7. The molecular formula is C25H24O4. The Morgan fingerprint density at radius 1 is 0.966 bits per heavy atom.